The second kappa shape index (κ2) is 7.61. The number of hydrogen-bond donors (Lipinski definition) is 1. The van der Waals surface area contributed by atoms with E-state index in [0.29, 0.717) is 23.0 Å². The fraction of sp³-hybridized carbons (Fsp3) is 0.368. The highest BCUT2D eigenvalue weighted by atomic mass is 19.1. The number of hydrogen-bond acceptors (Lipinski definition) is 5. The Balaban J connectivity index is 1.67. The topological polar surface area (TPSA) is 54.5 Å². The maximum absolute atomic E-state index is 14.1. The highest BCUT2D eigenvalue weighted by Gasteiger charge is 2.17. The van der Waals surface area contributed by atoms with Gasteiger partial charge in [0.25, 0.3) is 0 Å². The third-order valence-electron chi connectivity index (χ3n) is 4.24. The van der Waals surface area contributed by atoms with Crippen molar-refractivity contribution in [1.29, 1.82) is 0 Å². The molecule has 25 heavy (non-hydrogen) atoms. The molecule has 1 aliphatic heterocycles. The summed E-state index contributed by atoms with van der Waals surface area (Å²) in [5.41, 5.74) is 0.752. The number of carbonyl (C=O) groups is 1. The molecular weight excluding hydrogens is 321 g/mol. The first-order valence-corrected chi connectivity index (χ1v) is 8.40. The molecule has 1 aliphatic rings. The number of nitrogens with one attached hydrogen (secondary N) is 1. The Bertz CT molecular complexity index is 766. The SMILES string of the molecule is CC(=O)c1ccc(COc2cccc(N3CCNC(C)C3)n2)c(F)c1. The van der Waals surface area contributed by atoms with Crippen molar-refractivity contribution < 1.29 is 13.9 Å². The van der Waals surface area contributed by atoms with Crippen LogP contribution in [0.1, 0.15) is 29.8 Å². The summed E-state index contributed by atoms with van der Waals surface area (Å²) in [7, 11) is 0. The van der Waals surface area contributed by atoms with Crippen LogP contribution in [0, 0.1) is 5.82 Å². The molecule has 0 spiro atoms. The Hall–Kier alpha value is -2.47. The van der Waals surface area contributed by atoms with E-state index in [1.807, 2.05) is 12.1 Å². The lowest BCUT2D eigenvalue weighted by atomic mass is 10.1. The van der Waals surface area contributed by atoms with Crippen LogP contribution in [-0.2, 0) is 6.61 Å². The van der Waals surface area contributed by atoms with Gasteiger partial charge in [-0.1, -0.05) is 18.2 Å². The number of ether oxygens (including phenoxy) is 1. The average Bonchev–Trinajstić information content (AvgIpc) is 2.61. The summed E-state index contributed by atoms with van der Waals surface area (Å²) < 4.78 is 19.7. The normalized spacial score (nSPS) is 17.4. The van der Waals surface area contributed by atoms with Crippen LogP contribution < -0.4 is 15.0 Å². The van der Waals surface area contributed by atoms with Gasteiger partial charge in [0.2, 0.25) is 5.88 Å². The smallest absolute Gasteiger partial charge is 0.215 e. The quantitative estimate of drug-likeness (QED) is 0.846. The molecule has 0 amide bonds. The van der Waals surface area contributed by atoms with Gasteiger partial charge in [-0.2, -0.15) is 4.98 Å². The first kappa shape index (κ1) is 17.4. The van der Waals surface area contributed by atoms with Crippen LogP contribution in [0.25, 0.3) is 0 Å². The number of halogens is 1. The number of rotatable bonds is 5. The standard InChI is InChI=1S/C19H22FN3O2/c1-13-11-23(9-8-21-13)18-4-3-5-19(22-18)25-12-16-7-6-15(14(2)24)10-17(16)20/h3-7,10,13,21H,8-9,11-12H2,1-2H3. The maximum atomic E-state index is 14.1. The van der Waals surface area contributed by atoms with Gasteiger partial charge in [-0.15, -0.1) is 0 Å². The Morgan fingerprint density at radius 3 is 2.96 bits per heavy atom. The van der Waals surface area contributed by atoms with Crippen LogP contribution in [0.5, 0.6) is 5.88 Å². The molecule has 2 aromatic rings. The van der Waals surface area contributed by atoms with Crippen molar-refractivity contribution in [1.82, 2.24) is 10.3 Å². The van der Waals surface area contributed by atoms with Crippen molar-refractivity contribution in [2.45, 2.75) is 26.5 Å². The zero-order valence-corrected chi connectivity index (χ0v) is 14.5. The van der Waals surface area contributed by atoms with Gasteiger partial charge in [0.15, 0.2) is 5.78 Å². The number of ketones is 1. The highest BCUT2D eigenvalue weighted by Crippen LogP contribution is 2.19. The lowest BCUT2D eigenvalue weighted by Crippen LogP contribution is -2.49. The molecule has 0 aliphatic carbocycles. The van der Waals surface area contributed by atoms with Gasteiger partial charge < -0.3 is 15.0 Å². The van der Waals surface area contributed by atoms with E-state index >= 15 is 0 Å². The molecule has 1 aromatic carbocycles. The first-order chi connectivity index (χ1) is 12.0. The van der Waals surface area contributed by atoms with Gasteiger partial charge in [-0.3, -0.25) is 4.79 Å². The highest BCUT2D eigenvalue weighted by molar-refractivity contribution is 5.94. The zero-order chi connectivity index (χ0) is 17.8. The maximum Gasteiger partial charge on any atom is 0.215 e. The molecule has 1 N–H and O–H groups in total. The van der Waals surface area contributed by atoms with Crippen molar-refractivity contribution in [3.05, 3.63) is 53.3 Å². The Kier molecular flexibility index (Phi) is 5.28. The number of aromatic nitrogens is 1. The average molecular weight is 343 g/mol. The van der Waals surface area contributed by atoms with Crippen molar-refractivity contribution in [2.24, 2.45) is 0 Å². The Morgan fingerprint density at radius 2 is 2.24 bits per heavy atom. The Labute approximate surface area is 146 Å². The number of Topliss-reactive ketones (excluding diaryl/α,β-unsaturated/α-hetero) is 1. The molecule has 3 rings (SSSR count). The van der Waals surface area contributed by atoms with Gasteiger partial charge >= 0.3 is 0 Å². The molecule has 0 radical (unpaired) electrons. The molecule has 1 saturated heterocycles. The van der Waals surface area contributed by atoms with Crippen LogP contribution in [0.15, 0.2) is 36.4 Å². The summed E-state index contributed by atoms with van der Waals surface area (Å²) in [5, 5.41) is 3.40. The van der Waals surface area contributed by atoms with Crippen LogP contribution in [0.2, 0.25) is 0 Å². The monoisotopic (exact) mass is 343 g/mol. The first-order valence-electron chi connectivity index (χ1n) is 8.40. The van der Waals surface area contributed by atoms with Gasteiger partial charge in [-0.25, -0.2) is 4.39 Å². The largest absolute Gasteiger partial charge is 0.473 e. The number of benzene rings is 1. The summed E-state index contributed by atoms with van der Waals surface area (Å²) in [6.07, 6.45) is 0. The molecule has 1 unspecified atom stereocenters. The Morgan fingerprint density at radius 1 is 1.40 bits per heavy atom. The van der Waals surface area contributed by atoms with E-state index in [1.165, 1.54) is 13.0 Å². The van der Waals surface area contributed by atoms with Crippen LogP contribution in [-0.4, -0.2) is 36.4 Å². The fourth-order valence-electron chi connectivity index (χ4n) is 2.84. The van der Waals surface area contributed by atoms with Gasteiger partial charge in [0.1, 0.15) is 18.2 Å². The minimum atomic E-state index is -0.445. The third-order valence-corrected chi connectivity index (χ3v) is 4.24. The van der Waals surface area contributed by atoms with E-state index in [9.17, 15) is 9.18 Å². The molecule has 2 heterocycles. The van der Waals surface area contributed by atoms with Crippen molar-refractivity contribution in [3.63, 3.8) is 0 Å². The molecule has 1 fully saturated rings. The van der Waals surface area contributed by atoms with Crippen molar-refractivity contribution in [3.8, 4) is 5.88 Å². The van der Waals surface area contributed by atoms with E-state index in [2.05, 4.69) is 22.1 Å². The summed E-state index contributed by atoms with van der Waals surface area (Å²) in [6.45, 7) is 6.32. The van der Waals surface area contributed by atoms with E-state index in [1.54, 1.807) is 18.2 Å². The molecule has 1 aromatic heterocycles. The van der Waals surface area contributed by atoms with E-state index in [4.69, 9.17) is 4.74 Å². The van der Waals surface area contributed by atoms with Crippen LogP contribution in [0.3, 0.4) is 0 Å². The minimum absolute atomic E-state index is 0.0679. The van der Waals surface area contributed by atoms with Gasteiger partial charge in [-0.05, 0) is 26.0 Å². The lowest BCUT2D eigenvalue weighted by Gasteiger charge is -2.32. The predicted octanol–water partition coefficient (Wildman–Crippen LogP) is 2.80. The van der Waals surface area contributed by atoms with Gasteiger partial charge in [0.05, 0.1) is 0 Å². The third kappa shape index (κ3) is 4.33. The number of anilines is 1. The molecule has 0 saturated carbocycles. The molecule has 5 nitrogen and oxygen atoms in total. The second-order valence-electron chi connectivity index (χ2n) is 6.29. The molecule has 6 heteroatoms. The van der Waals surface area contributed by atoms with E-state index < -0.39 is 5.82 Å². The molecule has 132 valence electrons. The summed E-state index contributed by atoms with van der Waals surface area (Å²) in [6, 6.07) is 10.4. The van der Waals surface area contributed by atoms with E-state index in [-0.39, 0.29) is 12.4 Å². The van der Waals surface area contributed by atoms with Crippen LogP contribution >= 0.6 is 0 Å². The molecule has 1 atom stereocenters. The number of nitrogens with zero attached hydrogens (tertiary/aromatic N) is 2. The van der Waals surface area contributed by atoms with Crippen LogP contribution in [0.4, 0.5) is 10.2 Å². The lowest BCUT2D eigenvalue weighted by molar-refractivity contribution is 0.101. The summed E-state index contributed by atoms with van der Waals surface area (Å²) in [5.74, 6) is 0.711. The fourth-order valence-corrected chi connectivity index (χ4v) is 2.84. The summed E-state index contributed by atoms with van der Waals surface area (Å²) in [4.78, 5) is 18.0. The minimum Gasteiger partial charge on any atom is -0.473 e. The zero-order valence-electron chi connectivity index (χ0n) is 14.5. The predicted molar refractivity (Wildman–Crippen MR) is 94.7 cm³/mol. The van der Waals surface area contributed by atoms with Crippen molar-refractivity contribution >= 4 is 11.6 Å². The number of piperazine rings is 1. The van der Waals surface area contributed by atoms with E-state index in [0.717, 1.165) is 25.5 Å². The summed E-state index contributed by atoms with van der Waals surface area (Å²) >= 11 is 0. The number of pyridine rings is 1. The molecule has 0 bridgehead atoms. The van der Waals surface area contributed by atoms with Crippen molar-refractivity contribution in [2.75, 3.05) is 24.5 Å². The second-order valence-corrected chi connectivity index (χ2v) is 6.29. The number of carbonyl (C=O) groups excluding carboxylic acids is 1. The molecular formula is C19H22FN3O2. The van der Waals surface area contributed by atoms with Gasteiger partial charge in [0, 0.05) is 42.9 Å².